The second-order valence-corrected chi connectivity index (χ2v) is 4.41. The van der Waals surface area contributed by atoms with Crippen molar-refractivity contribution >= 4 is 11.7 Å². The third-order valence-electron chi connectivity index (χ3n) is 3.09. The van der Waals surface area contributed by atoms with Gasteiger partial charge in [0.25, 0.3) is 0 Å². The number of carbonyl (C=O) groups is 1. The smallest absolute Gasteiger partial charge is 0.329 e. The number of benzene rings is 1. The first kappa shape index (κ1) is 10.9. The Labute approximate surface area is 93.3 Å². The van der Waals surface area contributed by atoms with Gasteiger partial charge in [0.2, 0.25) is 0 Å². The Morgan fingerprint density at radius 2 is 2.00 bits per heavy atom. The summed E-state index contributed by atoms with van der Waals surface area (Å²) in [5, 5.41) is 12.2. The number of hydrogen-bond donors (Lipinski definition) is 2. The van der Waals surface area contributed by atoms with Crippen molar-refractivity contribution in [2.24, 2.45) is 5.92 Å². The molecule has 1 aromatic carbocycles. The monoisotopic (exact) mass is 223 g/mol. The van der Waals surface area contributed by atoms with E-state index in [9.17, 15) is 14.3 Å². The summed E-state index contributed by atoms with van der Waals surface area (Å²) in [5.74, 6) is -1.02. The van der Waals surface area contributed by atoms with E-state index in [0.29, 0.717) is 5.69 Å². The molecule has 0 radical (unpaired) electrons. The minimum Gasteiger partial charge on any atom is -0.480 e. The number of carboxylic acid groups (broad SMARTS) is 1. The molecule has 0 amide bonds. The lowest BCUT2D eigenvalue weighted by atomic mass is 9.95. The van der Waals surface area contributed by atoms with Gasteiger partial charge in [-0.25, -0.2) is 9.18 Å². The fraction of sp³-hybridized carbons (Fsp3) is 0.417. The molecule has 1 aliphatic carbocycles. The fourth-order valence-corrected chi connectivity index (χ4v) is 1.82. The number of rotatable bonds is 4. The lowest BCUT2D eigenvalue weighted by Crippen LogP contribution is -2.45. The molecule has 3 nitrogen and oxygen atoms in total. The molecule has 0 aromatic heterocycles. The Morgan fingerprint density at radius 1 is 1.44 bits per heavy atom. The summed E-state index contributed by atoms with van der Waals surface area (Å²) in [6.07, 6.45) is 1.86. The third kappa shape index (κ3) is 2.01. The van der Waals surface area contributed by atoms with Gasteiger partial charge in [0.05, 0.1) is 0 Å². The summed E-state index contributed by atoms with van der Waals surface area (Å²) in [4.78, 5) is 11.2. The maximum atomic E-state index is 12.7. The average Bonchev–Trinajstić information content (AvgIpc) is 3.04. The number of nitrogens with one attached hydrogen (secondary N) is 1. The molecule has 16 heavy (non-hydrogen) atoms. The van der Waals surface area contributed by atoms with Gasteiger partial charge in [-0.2, -0.15) is 0 Å². The minimum absolute atomic E-state index is 0.162. The van der Waals surface area contributed by atoms with Crippen molar-refractivity contribution in [1.82, 2.24) is 0 Å². The number of hydrogen-bond acceptors (Lipinski definition) is 2. The van der Waals surface area contributed by atoms with Crippen molar-refractivity contribution in [1.29, 1.82) is 0 Å². The highest BCUT2D eigenvalue weighted by Gasteiger charge is 2.47. The van der Waals surface area contributed by atoms with E-state index >= 15 is 0 Å². The molecule has 0 heterocycles. The van der Waals surface area contributed by atoms with Crippen LogP contribution in [0, 0.1) is 11.7 Å². The highest BCUT2D eigenvalue weighted by molar-refractivity contribution is 5.83. The first-order valence-electron chi connectivity index (χ1n) is 5.29. The highest BCUT2D eigenvalue weighted by atomic mass is 19.1. The average molecular weight is 223 g/mol. The molecule has 1 saturated carbocycles. The van der Waals surface area contributed by atoms with E-state index in [0.717, 1.165) is 12.8 Å². The minimum atomic E-state index is -0.947. The van der Waals surface area contributed by atoms with Crippen molar-refractivity contribution in [3.05, 3.63) is 30.1 Å². The molecular formula is C12H14FNO2. The van der Waals surface area contributed by atoms with E-state index in [2.05, 4.69) is 5.32 Å². The van der Waals surface area contributed by atoms with Crippen LogP contribution in [0.2, 0.25) is 0 Å². The lowest BCUT2D eigenvalue weighted by molar-refractivity contribution is -0.142. The van der Waals surface area contributed by atoms with Crippen LogP contribution in [-0.4, -0.2) is 16.6 Å². The first-order valence-corrected chi connectivity index (χ1v) is 5.29. The molecule has 0 saturated heterocycles. The van der Waals surface area contributed by atoms with Crippen molar-refractivity contribution in [2.45, 2.75) is 25.3 Å². The highest BCUT2D eigenvalue weighted by Crippen LogP contribution is 2.41. The van der Waals surface area contributed by atoms with Crippen molar-refractivity contribution in [2.75, 3.05) is 5.32 Å². The second-order valence-electron chi connectivity index (χ2n) is 4.41. The van der Waals surface area contributed by atoms with Crippen LogP contribution in [0.5, 0.6) is 0 Å². The molecule has 2 rings (SSSR count). The normalized spacial score (nSPS) is 18.9. The van der Waals surface area contributed by atoms with Gasteiger partial charge in [-0.05, 0) is 49.9 Å². The van der Waals surface area contributed by atoms with Gasteiger partial charge in [0.1, 0.15) is 11.4 Å². The van der Waals surface area contributed by atoms with E-state index in [-0.39, 0.29) is 11.7 Å². The van der Waals surface area contributed by atoms with E-state index < -0.39 is 11.5 Å². The predicted molar refractivity (Wildman–Crippen MR) is 58.8 cm³/mol. The largest absolute Gasteiger partial charge is 0.480 e. The molecule has 0 bridgehead atoms. The summed E-state index contributed by atoms with van der Waals surface area (Å²) in [7, 11) is 0. The van der Waals surface area contributed by atoms with E-state index in [1.807, 2.05) is 0 Å². The van der Waals surface area contributed by atoms with Gasteiger partial charge in [-0.1, -0.05) is 0 Å². The van der Waals surface area contributed by atoms with Crippen LogP contribution in [0.1, 0.15) is 19.8 Å². The molecule has 1 aromatic rings. The van der Waals surface area contributed by atoms with Gasteiger partial charge in [0, 0.05) is 5.69 Å². The first-order chi connectivity index (χ1) is 7.52. The zero-order valence-electron chi connectivity index (χ0n) is 9.03. The zero-order chi connectivity index (χ0) is 11.8. The molecule has 2 N–H and O–H groups in total. The molecule has 1 atom stereocenters. The van der Waals surface area contributed by atoms with Gasteiger partial charge in [-0.15, -0.1) is 0 Å². The molecule has 0 aliphatic heterocycles. The van der Waals surface area contributed by atoms with E-state index in [1.54, 1.807) is 19.1 Å². The summed E-state index contributed by atoms with van der Waals surface area (Å²) >= 11 is 0. The van der Waals surface area contributed by atoms with Gasteiger partial charge < -0.3 is 10.4 Å². The van der Waals surface area contributed by atoms with Gasteiger partial charge in [-0.3, -0.25) is 0 Å². The van der Waals surface area contributed by atoms with Crippen LogP contribution in [0.25, 0.3) is 0 Å². The van der Waals surface area contributed by atoms with Crippen molar-refractivity contribution in [3.63, 3.8) is 0 Å². The van der Waals surface area contributed by atoms with E-state index in [1.165, 1.54) is 12.1 Å². The van der Waals surface area contributed by atoms with Gasteiger partial charge >= 0.3 is 5.97 Å². The Bertz CT molecular complexity index is 400. The second kappa shape index (κ2) is 3.77. The van der Waals surface area contributed by atoms with Gasteiger partial charge in [0.15, 0.2) is 0 Å². The van der Waals surface area contributed by atoms with Crippen molar-refractivity contribution < 1.29 is 14.3 Å². The van der Waals surface area contributed by atoms with Crippen LogP contribution >= 0.6 is 0 Å². The Morgan fingerprint density at radius 3 is 2.44 bits per heavy atom. The van der Waals surface area contributed by atoms with E-state index in [4.69, 9.17) is 0 Å². The molecular weight excluding hydrogens is 209 g/mol. The molecule has 0 spiro atoms. The molecule has 1 unspecified atom stereocenters. The number of anilines is 1. The van der Waals surface area contributed by atoms with Crippen LogP contribution in [0.4, 0.5) is 10.1 Å². The predicted octanol–water partition coefficient (Wildman–Crippen LogP) is 2.49. The maximum absolute atomic E-state index is 12.7. The quantitative estimate of drug-likeness (QED) is 0.824. The summed E-state index contributed by atoms with van der Waals surface area (Å²) in [5.41, 5.74) is -0.309. The number of aliphatic carboxylic acids is 1. The number of halogens is 1. The van der Waals surface area contributed by atoms with Crippen LogP contribution in [0.15, 0.2) is 24.3 Å². The summed E-state index contributed by atoms with van der Waals surface area (Å²) < 4.78 is 12.7. The van der Waals surface area contributed by atoms with Crippen molar-refractivity contribution in [3.8, 4) is 0 Å². The standard InChI is InChI=1S/C12H14FNO2/c1-12(11(15)16,8-2-3-8)14-10-6-4-9(13)5-7-10/h4-8,14H,2-3H2,1H3,(H,15,16). The Kier molecular flexibility index (Phi) is 2.58. The van der Waals surface area contributed by atoms with Crippen LogP contribution < -0.4 is 5.32 Å². The maximum Gasteiger partial charge on any atom is 0.329 e. The SMILES string of the molecule is CC(Nc1ccc(F)cc1)(C(=O)O)C1CC1. The molecule has 4 heteroatoms. The lowest BCUT2D eigenvalue weighted by Gasteiger charge is -2.27. The summed E-state index contributed by atoms with van der Waals surface area (Å²) in [6, 6.07) is 5.74. The molecule has 1 aliphatic rings. The van der Waals surface area contributed by atoms with Crippen LogP contribution in [-0.2, 0) is 4.79 Å². The zero-order valence-corrected chi connectivity index (χ0v) is 9.03. The Balaban J connectivity index is 2.17. The number of carboxylic acids is 1. The third-order valence-corrected chi connectivity index (χ3v) is 3.09. The Hall–Kier alpha value is -1.58. The molecule has 1 fully saturated rings. The summed E-state index contributed by atoms with van der Waals surface area (Å²) in [6.45, 7) is 1.68. The molecule has 86 valence electrons. The topological polar surface area (TPSA) is 49.3 Å². The fourth-order valence-electron chi connectivity index (χ4n) is 1.82. The van der Waals surface area contributed by atoms with Crippen LogP contribution in [0.3, 0.4) is 0 Å².